The number of hydrogen-bond donors (Lipinski definition) is 1. The van der Waals surface area contributed by atoms with Crippen LogP contribution < -0.4 is 0 Å². The second kappa shape index (κ2) is 5.99. The van der Waals surface area contributed by atoms with Crippen molar-refractivity contribution in [2.45, 2.75) is 38.6 Å². The summed E-state index contributed by atoms with van der Waals surface area (Å²) in [6.45, 7) is 2.12. The molecule has 3 heteroatoms. The fourth-order valence-corrected chi connectivity index (χ4v) is 3.67. The summed E-state index contributed by atoms with van der Waals surface area (Å²) in [5, 5.41) is 0. The zero-order valence-electron chi connectivity index (χ0n) is 13.0. The lowest BCUT2D eigenvalue weighted by Crippen LogP contribution is -2.27. The molecule has 3 nitrogen and oxygen atoms in total. The molecule has 0 atom stereocenters. The van der Waals surface area contributed by atoms with Gasteiger partial charge in [-0.15, -0.1) is 0 Å². The largest absolute Gasteiger partial charge is 0.371 e. The Kier molecular flexibility index (Phi) is 3.71. The Morgan fingerprint density at radius 3 is 2.73 bits per heavy atom. The van der Waals surface area contributed by atoms with Crippen molar-refractivity contribution >= 4 is 6.08 Å². The second-order valence-corrected chi connectivity index (χ2v) is 6.56. The first-order valence-electron chi connectivity index (χ1n) is 8.45. The Morgan fingerprint density at radius 1 is 1.09 bits per heavy atom. The molecule has 1 saturated carbocycles. The minimum Gasteiger partial charge on any atom is -0.371 e. The normalized spacial score (nSPS) is 18.5. The van der Waals surface area contributed by atoms with Gasteiger partial charge in [-0.1, -0.05) is 49.6 Å². The van der Waals surface area contributed by atoms with Gasteiger partial charge in [-0.25, -0.2) is 4.98 Å². The first-order chi connectivity index (χ1) is 10.9. The lowest BCUT2D eigenvalue weighted by Gasteiger charge is -2.30. The molecule has 1 aliphatic heterocycles. The van der Waals surface area contributed by atoms with Gasteiger partial charge in [-0.05, 0) is 24.8 Å². The van der Waals surface area contributed by atoms with Gasteiger partial charge in [-0.2, -0.15) is 0 Å². The van der Waals surface area contributed by atoms with Crippen molar-refractivity contribution in [1.29, 1.82) is 0 Å². The number of rotatable bonds is 3. The van der Waals surface area contributed by atoms with Crippen molar-refractivity contribution in [2.24, 2.45) is 5.92 Å². The number of nitrogens with zero attached hydrogens (tertiary/aromatic N) is 2. The Bertz CT molecular complexity index is 651. The third kappa shape index (κ3) is 2.80. The van der Waals surface area contributed by atoms with E-state index in [0.29, 0.717) is 0 Å². The number of aromatic amines is 1. The zero-order valence-corrected chi connectivity index (χ0v) is 13.0. The molecule has 1 N–H and O–H groups in total. The summed E-state index contributed by atoms with van der Waals surface area (Å²) in [6, 6.07) is 10.4. The number of hydrogen-bond acceptors (Lipinski definition) is 2. The van der Waals surface area contributed by atoms with E-state index in [-0.39, 0.29) is 0 Å². The minimum absolute atomic E-state index is 0.868. The van der Waals surface area contributed by atoms with Crippen LogP contribution in [0.5, 0.6) is 0 Å². The smallest absolute Gasteiger partial charge is 0.138 e. The minimum atomic E-state index is 0.868. The fraction of sp³-hybridized carbons (Fsp3) is 0.421. The van der Waals surface area contributed by atoms with Crippen molar-refractivity contribution in [1.82, 2.24) is 14.9 Å². The van der Waals surface area contributed by atoms with Crippen LogP contribution in [0.3, 0.4) is 0 Å². The highest BCUT2D eigenvalue weighted by atomic mass is 15.1. The summed E-state index contributed by atoms with van der Waals surface area (Å²) in [7, 11) is 0. The highest BCUT2D eigenvalue weighted by molar-refractivity contribution is 5.60. The number of nitrogens with one attached hydrogen (secondary N) is 1. The molecule has 4 rings (SSSR count). The zero-order chi connectivity index (χ0) is 14.8. The second-order valence-electron chi connectivity index (χ2n) is 6.56. The monoisotopic (exact) mass is 293 g/mol. The molecule has 22 heavy (non-hydrogen) atoms. The number of H-pyrrole nitrogens is 1. The van der Waals surface area contributed by atoms with Crippen LogP contribution in [0.15, 0.2) is 36.5 Å². The summed E-state index contributed by atoms with van der Waals surface area (Å²) in [6.07, 6.45) is 11.5. The third-order valence-electron chi connectivity index (χ3n) is 4.88. The molecule has 0 spiro atoms. The van der Waals surface area contributed by atoms with Gasteiger partial charge in [0.1, 0.15) is 5.82 Å². The molecule has 1 aromatic heterocycles. The molecule has 1 fully saturated rings. The summed E-state index contributed by atoms with van der Waals surface area (Å²) in [5.41, 5.74) is 3.50. The van der Waals surface area contributed by atoms with Crippen molar-refractivity contribution in [3.8, 4) is 11.4 Å². The van der Waals surface area contributed by atoms with Crippen molar-refractivity contribution < 1.29 is 0 Å². The van der Waals surface area contributed by atoms with Gasteiger partial charge in [0, 0.05) is 18.3 Å². The van der Waals surface area contributed by atoms with Crippen molar-refractivity contribution in [3.63, 3.8) is 0 Å². The van der Waals surface area contributed by atoms with Crippen LogP contribution in [0, 0.1) is 5.92 Å². The van der Waals surface area contributed by atoms with Gasteiger partial charge in [0.15, 0.2) is 0 Å². The highest BCUT2D eigenvalue weighted by Gasteiger charge is 2.20. The highest BCUT2D eigenvalue weighted by Crippen LogP contribution is 2.27. The van der Waals surface area contributed by atoms with E-state index in [4.69, 9.17) is 4.98 Å². The Hall–Kier alpha value is -2.03. The molecule has 0 bridgehead atoms. The van der Waals surface area contributed by atoms with Gasteiger partial charge in [0.05, 0.1) is 17.9 Å². The van der Waals surface area contributed by atoms with Crippen LogP contribution in [0.1, 0.15) is 43.5 Å². The molecular formula is C19H23N3. The molecule has 2 aromatic rings. The van der Waals surface area contributed by atoms with Crippen molar-refractivity contribution in [2.75, 3.05) is 6.54 Å². The molecular weight excluding hydrogens is 270 g/mol. The van der Waals surface area contributed by atoms with Gasteiger partial charge < -0.3 is 9.88 Å². The van der Waals surface area contributed by atoms with E-state index in [9.17, 15) is 0 Å². The van der Waals surface area contributed by atoms with E-state index in [1.807, 2.05) is 6.07 Å². The maximum absolute atomic E-state index is 4.82. The number of aromatic nitrogens is 2. The topological polar surface area (TPSA) is 31.9 Å². The van der Waals surface area contributed by atoms with Gasteiger partial charge >= 0.3 is 0 Å². The maximum Gasteiger partial charge on any atom is 0.138 e. The molecule has 2 aliphatic rings. The molecule has 1 aromatic carbocycles. The van der Waals surface area contributed by atoms with E-state index < -0.39 is 0 Å². The Labute approximate surface area is 132 Å². The van der Waals surface area contributed by atoms with Crippen LogP contribution in [0.2, 0.25) is 0 Å². The van der Waals surface area contributed by atoms with Crippen LogP contribution in [0.25, 0.3) is 17.5 Å². The van der Waals surface area contributed by atoms with Gasteiger partial charge in [-0.3, -0.25) is 0 Å². The van der Waals surface area contributed by atoms with Crippen LogP contribution in [-0.4, -0.2) is 21.4 Å². The van der Waals surface area contributed by atoms with E-state index in [0.717, 1.165) is 23.9 Å². The molecule has 114 valence electrons. The van der Waals surface area contributed by atoms with Crippen LogP contribution in [-0.2, 0) is 6.54 Å². The van der Waals surface area contributed by atoms with E-state index >= 15 is 0 Å². The Balaban J connectivity index is 1.48. The summed E-state index contributed by atoms with van der Waals surface area (Å²) < 4.78 is 0. The van der Waals surface area contributed by atoms with Gasteiger partial charge in [0.2, 0.25) is 0 Å². The van der Waals surface area contributed by atoms with Crippen LogP contribution in [0.4, 0.5) is 0 Å². The molecule has 2 heterocycles. The maximum atomic E-state index is 4.82. The SMILES string of the molecule is C1=CN(CC2CCCCC2)Cc2nc(-c3ccccc3)[nH]c21. The molecule has 0 amide bonds. The van der Waals surface area contributed by atoms with E-state index in [2.05, 4.69) is 46.4 Å². The van der Waals surface area contributed by atoms with Crippen LogP contribution >= 0.6 is 0 Å². The van der Waals surface area contributed by atoms with Gasteiger partial charge in [0.25, 0.3) is 0 Å². The summed E-state index contributed by atoms with van der Waals surface area (Å²) in [5.74, 6) is 1.85. The predicted molar refractivity (Wildman–Crippen MR) is 90.0 cm³/mol. The number of imidazole rings is 1. The quantitative estimate of drug-likeness (QED) is 0.907. The van der Waals surface area contributed by atoms with Crippen molar-refractivity contribution in [3.05, 3.63) is 47.9 Å². The third-order valence-corrected chi connectivity index (χ3v) is 4.88. The number of benzene rings is 1. The molecule has 0 saturated heterocycles. The summed E-state index contributed by atoms with van der Waals surface area (Å²) >= 11 is 0. The number of fused-ring (bicyclic) bond motifs is 1. The summed E-state index contributed by atoms with van der Waals surface area (Å²) in [4.78, 5) is 10.7. The molecule has 0 unspecified atom stereocenters. The lowest BCUT2D eigenvalue weighted by atomic mass is 9.89. The molecule has 1 aliphatic carbocycles. The Morgan fingerprint density at radius 2 is 1.91 bits per heavy atom. The standard InChI is InChI=1S/C19H23N3/c1-3-7-15(8-4-1)13-22-12-11-17-18(14-22)21-19(20-17)16-9-5-2-6-10-16/h2,5-6,9-12,15H,1,3-4,7-8,13-14H2,(H,20,21). The first kappa shape index (κ1) is 13.6. The van der Waals surface area contributed by atoms with E-state index in [1.54, 1.807) is 0 Å². The fourth-order valence-electron chi connectivity index (χ4n) is 3.67. The lowest BCUT2D eigenvalue weighted by molar-refractivity contribution is 0.247. The predicted octanol–water partition coefficient (Wildman–Crippen LogP) is 4.44. The average molecular weight is 293 g/mol. The first-order valence-corrected chi connectivity index (χ1v) is 8.45. The molecule has 0 radical (unpaired) electrons. The average Bonchev–Trinajstić information content (AvgIpc) is 3.00. The van der Waals surface area contributed by atoms with E-state index in [1.165, 1.54) is 50.0 Å².